The Morgan fingerprint density at radius 2 is 1.87 bits per heavy atom. The first kappa shape index (κ1) is 22.3. The van der Waals surface area contributed by atoms with E-state index < -0.39 is 10.0 Å². The molecule has 1 N–H and O–H groups in total. The number of aromatic nitrogens is 2. The second kappa shape index (κ2) is 9.28. The SMILES string of the molecule is C[C@H]1CCCC[C@H]1NC(=O)CCc1nc2cc(S(=O)(=O)N3CCCCC3)ccc2n1C. The minimum atomic E-state index is -3.48. The highest BCUT2D eigenvalue weighted by atomic mass is 32.2. The van der Waals surface area contributed by atoms with Crippen molar-refractivity contribution in [3.63, 3.8) is 0 Å². The molecule has 0 unspecified atom stereocenters. The zero-order valence-electron chi connectivity index (χ0n) is 18.6. The van der Waals surface area contributed by atoms with Crippen molar-refractivity contribution >= 4 is 27.0 Å². The molecule has 2 aliphatic rings. The van der Waals surface area contributed by atoms with E-state index in [1.54, 1.807) is 16.4 Å². The summed E-state index contributed by atoms with van der Waals surface area (Å²) in [6, 6.07) is 5.46. The van der Waals surface area contributed by atoms with Gasteiger partial charge in [0.15, 0.2) is 0 Å². The Morgan fingerprint density at radius 3 is 2.61 bits per heavy atom. The lowest BCUT2D eigenvalue weighted by Crippen LogP contribution is -2.41. The number of fused-ring (bicyclic) bond motifs is 1. The number of hydrogen-bond donors (Lipinski definition) is 1. The molecule has 2 atom stereocenters. The van der Waals surface area contributed by atoms with Gasteiger partial charge in [-0.3, -0.25) is 4.79 Å². The molecule has 2 heterocycles. The van der Waals surface area contributed by atoms with Crippen LogP contribution in [-0.2, 0) is 28.3 Å². The predicted molar refractivity (Wildman–Crippen MR) is 121 cm³/mol. The molecule has 1 amide bonds. The van der Waals surface area contributed by atoms with E-state index >= 15 is 0 Å². The largest absolute Gasteiger partial charge is 0.353 e. The summed E-state index contributed by atoms with van der Waals surface area (Å²) in [4.78, 5) is 17.5. The van der Waals surface area contributed by atoms with Crippen LogP contribution in [0.4, 0.5) is 0 Å². The number of amides is 1. The van der Waals surface area contributed by atoms with E-state index in [-0.39, 0.29) is 11.9 Å². The van der Waals surface area contributed by atoms with Crippen molar-refractivity contribution in [1.82, 2.24) is 19.2 Å². The van der Waals surface area contributed by atoms with Crippen LogP contribution in [0.15, 0.2) is 23.1 Å². The summed E-state index contributed by atoms with van der Waals surface area (Å²) in [5, 5.41) is 3.20. The minimum Gasteiger partial charge on any atom is -0.353 e. The van der Waals surface area contributed by atoms with Crippen molar-refractivity contribution < 1.29 is 13.2 Å². The first-order valence-electron chi connectivity index (χ1n) is 11.6. The third kappa shape index (κ3) is 4.80. The third-order valence-electron chi connectivity index (χ3n) is 6.93. The lowest BCUT2D eigenvalue weighted by Gasteiger charge is -2.29. The van der Waals surface area contributed by atoms with E-state index in [2.05, 4.69) is 17.2 Å². The molecule has 1 aliphatic carbocycles. The van der Waals surface area contributed by atoms with Crippen molar-refractivity contribution in [2.24, 2.45) is 13.0 Å². The molecule has 1 saturated carbocycles. The van der Waals surface area contributed by atoms with Gasteiger partial charge in [0, 0.05) is 39.0 Å². The number of rotatable bonds is 6. The molecule has 0 radical (unpaired) electrons. The first-order chi connectivity index (χ1) is 14.9. The fraction of sp³-hybridized carbons (Fsp3) is 0.652. The maximum Gasteiger partial charge on any atom is 0.243 e. The van der Waals surface area contributed by atoms with E-state index in [0.717, 1.165) is 37.0 Å². The van der Waals surface area contributed by atoms with E-state index in [4.69, 9.17) is 0 Å². The number of nitrogens with one attached hydrogen (secondary N) is 1. The number of sulfonamides is 1. The van der Waals surface area contributed by atoms with Crippen LogP contribution in [0, 0.1) is 5.92 Å². The summed E-state index contributed by atoms with van der Waals surface area (Å²) >= 11 is 0. The maximum absolute atomic E-state index is 13.0. The molecule has 8 heteroatoms. The third-order valence-corrected chi connectivity index (χ3v) is 8.83. The molecule has 0 spiro atoms. The summed E-state index contributed by atoms with van der Waals surface area (Å²) in [6.07, 6.45) is 8.51. The molecule has 2 aromatic rings. The van der Waals surface area contributed by atoms with Gasteiger partial charge >= 0.3 is 0 Å². The van der Waals surface area contributed by atoms with Gasteiger partial charge in [-0.25, -0.2) is 13.4 Å². The second-order valence-electron chi connectivity index (χ2n) is 9.14. The van der Waals surface area contributed by atoms with Crippen LogP contribution in [0.5, 0.6) is 0 Å². The maximum atomic E-state index is 13.0. The second-order valence-corrected chi connectivity index (χ2v) is 11.1. The highest BCUT2D eigenvalue weighted by Gasteiger charge is 2.27. The average Bonchev–Trinajstić information content (AvgIpc) is 3.09. The summed E-state index contributed by atoms with van der Waals surface area (Å²) in [5.74, 6) is 1.40. The summed E-state index contributed by atoms with van der Waals surface area (Å²) in [6.45, 7) is 3.39. The number of carbonyl (C=O) groups is 1. The molecule has 1 aromatic heterocycles. The summed E-state index contributed by atoms with van der Waals surface area (Å²) < 4.78 is 29.5. The van der Waals surface area contributed by atoms with Crippen LogP contribution in [0.1, 0.15) is 64.1 Å². The van der Waals surface area contributed by atoms with Crippen LogP contribution in [0.3, 0.4) is 0 Å². The Labute approximate surface area is 185 Å². The smallest absolute Gasteiger partial charge is 0.243 e. The number of hydrogen-bond acceptors (Lipinski definition) is 4. The van der Waals surface area contributed by atoms with E-state index in [0.29, 0.717) is 42.3 Å². The number of piperidine rings is 1. The topological polar surface area (TPSA) is 84.3 Å². The van der Waals surface area contributed by atoms with Crippen molar-refractivity contribution in [3.8, 4) is 0 Å². The van der Waals surface area contributed by atoms with Gasteiger partial charge in [0.2, 0.25) is 15.9 Å². The first-order valence-corrected chi connectivity index (χ1v) is 13.0. The van der Waals surface area contributed by atoms with Crippen LogP contribution < -0.4 is 5.32 Å². The van der Waals surface area contributed by atoms with Crippen molar-refractivity contribution in [1.29, 1.82) is 0 Å². The number of imidazole rings is 1. The van der Waals surface area contributed by atoms with Crippen molar-refractivity contribution in [2.45, 2.75) is 75.6 Å². The van der Waals surface area contributed by atoms with Gasteiger partial charge in [-0.05, 0) is 49.8 Å². The van der Waals surface area contributed by atoms with Gasteiger partial charge in [-0.2, -0.15) is 4.31 Å². The Balaban J connectivity index is 1.45. The lowest BCUT2D eigenvalue weighted by atomic mass is 9.86. The molecule has 7 nitrogen and oxygen atoms in total. The summed E-state index contributed by atoms with van der Waals surface area (Å²) in [7, 11) is -1.56. The Kier molecular flexibility index (Phi) is 6.67. The van der Waals surface area contributed by atoms with Crippen LogP contribution in [-0.4, -0.2) is 47.3 Å². The molecule has 1 aliphatic heterocycles. The fourth-order valence-corrected chi connectivity index (χ4v) is 6.44. The minimum absolute atomic E-state index is 0.0687. The molecule has 31 heavy (non-hydrogen) atoms. The molecular formula is C23H34N4O3S. The van der Waals surface area contributed by atoms with Crippen LogP contribution in [0.2, 0.25) is 0 Å². The van der Waals surface area contributed by atoms with Gasteiger partial charge in [0.05, 0.1) is 15.9 Å². The molecule has 0 bridgehead atoms. The van der Waals surface area contributed by atoms with Gasteiger partial charge in [0.1, 0.15) is 5.82 Å². The Hall–Kier alpha value is -1.93. The standard InChI is InChI=1S/C23H34N4O3S/c1-17-8-4-5-9-19(17)25-23(28)13-12-22-24-20-16-18(10-11-21(20)26(22)2)31(29,30)27-14-6-3-7-15-27/h10-11,16-17,19H,3-9,12-15H2,1-2H3,(H,25,28)/t17-,19+/m0/s1. The molecule has 4 rings (SSSR count). The van der Waals surface area contributed by atoms with Gasteiger partial charge in [-0.1, -0.05) is 26.2 Å². The number of benzene rings is 1. The normalized spacial score (nSPS) is 23.2. The van der Waals surface area contributed by atoms with Crippen molar-refractivity contribution in [2.75, 3.05) is 13.1 Å². The van der Waals surface area contributed by atoms with E-state index in [1.165, 1.54) is 19.3 Å². The highest BCUT2D eigenvalue weighted by Crippen LogP contribution is 2.26. The molecule has 170 valence electrons. The quantitative estimate of drug-likeness (QED) is 0.737. The highest BCUT2D eigenvalue weighted by molar-refractivity contribution is 7.89. The molecule has 2 fully saturated rings. The monoisotopic (exact) mass is 446 g/mol. The van der Waals surface area contributed by atoms with E-state index in [1.807, 2.05) is 17.7 Å². The van der Waals surface area contributed by atoms with Crippen molar-refractivity contribution in [3.05, 3.63) is 24.0 Å². The fourth-order valence-electron chi connectivity index (χ4n) is 4.90. The lowest BCUT2D eigenvalue weighted by molar-refractivity contribution is -0.122. The van der Waals surface area contributed by atoms with Gasteiger partial charge in [0.25, 0.3) is 0 Å². The molecular weight excluding hydrogens is 412 g/mol. The van der Waals surface area contributed by atoms with Crippen LogP contribution in [0.25, 0.3) is 11.0 Å². The molecule has 1 saturated heterocycles. The number of aryl methyl sites for hydroxylation is 2. The number of carbonyl (C=O) groups excluding carboxylic acids is 1. The van der Waals surface area contributed by atoms with E-state index in [9.17, 15) is 13.2 Å². The number of nitrogens with zero attached hydrogens (tertiary/aromatic N) is 3. The average molecular weight is 447 g/mol. The van der Waals surface area contributed by atoms with Crippen LogP contribution >= 0.6 is 0 Å². The van der Waals surface area contributed by atoms with Gasteiger partial charge in [-0.15, -0.1) is 0 Å². The van der Waals surface area contributed by atoms with Gasteiger partial charge < -0.3 is 9.88 Å². The Bertz CT molecular complexity index is 1040. The zero-order valence-corrected chi connectivity index (χ0v) is 19.5. The Morgan fingerprint density at radius 1 is 1.13 bits per heavy atom. The summed E-state index contributed by atoms with van der Waals surface area (Å²) in [5.41, 5.74) is 1.55. The zero-order chi connectivity index (χ0) is 22.0. The molecule has 1 aromatic carbocycles. The predicted octanol–water partition coefficient (Wildman–Crippen LogP) is 3.38.